The molecule has 200 valence electrons. The van der Waals surface area contributed by atoms with Gasteiger partial charge in [0.1, 0.15) is 23.9 Å². The Kier molecular flexibility index (Phi) is 8.47. The lowest BCUT2D eigenvalue weighted by Crippen LogP contribution is -2.62. The Hall–Kier alpha value is -2.72. The van der Waals surface area contributed by atoms with E-state index < -0.39 is 72.6 Å². The molecule has 1 N–H and O–H groups in total. The smallest absolute Gasteiger partial charge is 0.408 e. The second-order valence-electron chi connectivity index (χ2n) is 10.3. The van der Waals surface area contributed by atoms with Gasteiger partial charge in [0, 0.05) is 12.7 Å². The lowest BCUT2D eigenvalue weighted by atomic mass is 10.0. The fourth-order valence-corrected chi connectivity index (χ4v) is 5.85. The Morgan fingerprint density at radius 2 is 1.72 bits per heavy atom. The highest BCUT2D eigenvalue weighted by Crippen LogP contribution is 2.30. The first-order valence-corrected chi connectivity index (χ1v) is 14.7. The fraction of sp³-hybridized carbons (Fsp3) is 0.609. The number of sulfone groups is 2. The number of amides is 2. The number of alkyl carbamates (subject to hydrolysis) is 1. The standard InChI is InChI=1S/C23H32FN3O7S2/c1-22(2,3)34-21(29)26-19(20(28)27-13-16(24)11-17(27)12-25)23(4,5)36(32,33)14-15-7-9-18(10-8-15)35(6,30)31/h7-10,16-17,19H,11,13-14H2,1-6H3,(H,26,29)/t16-,17-,19+/m0/s1. The third-order valence-corrected chi connectivity index (χ3v) is 9.48. The van der Waals surface area contributed by atoms with Gasteiger partial charge in [0.2, 0.25) is 5.91 Å². The van der Waals surface area contributed by atoms with E-state index in [0.29, 0.717) is 0 Å². The van der Waals surface area contributed by atoms with Crippen molar-refractivity contribution in [1.82, 2.24) is 10.2 Å². The summed E-state index contributed by atoms with van der Waals surface area (Å²) < 4.78 is 67.8. The largest absolute Gasteiger partial charge is 0.444 e. The summed E-state index contributed by atoms with van der Waals surface area (Å²) in [5, 5.41) is 11.7. The number of hydrogen-bond donors (Lipinski definition) is 1. The zero-order valence-electron chi connectivity index (χ0n) is 21.1. The van der Waals surface area contributed by atoms with Gasteiger partial charge in [-0.25, -0.2) is 26.0 Å². The number of nitrogens with zero attached hydrogens (tertiary/aromatic N) is 2. The highest BCUT2D eigenvalue weighted by atomic mass is 32.2. The molecule has 1 aliphatic rings. The molecule has 0 unspecified atom stereocenters. The Balaban J connectivity index is 2.44. The van der Waals surface area contributed by atoms with Gasteiger partial charge in [-0.05, 0) is 52.3 Å². The van der Waals surface area contributed by atoms with Crippen molar-refractivity contribution in [2.24, 2.45) is 0 Å². The van der Waals surface area contributed by atoms with E-state index in [-0.39, 0.29) is 16.9 Å². The van der Waals surface area contributed by atoms with Crippen LogP contribution in [0.15, 0.2) is 29.2 Å². The number of hydrogen-bond acceptors (Lipinski definition) is 8. The van der Waals surface area contributed by atoms with Gasteiger partial charge in [0.25, 0.3) is 0 Å². The zero-order valence-corrected chi connectivity index (χ0v) is 22.7. The minimum Gasteiger partial charge on any atom is -0.444 e. The second-order valence-corrected chi connectivity index (χ2v) is 14.9. The molecule has 13 heteroatoms. The van der Waals surface area contributed by atoms with E-state index in [2.05, 4.69) is 5.32 Å². The first kappa shape index (κ1) is 29.5. The topological polar surface area (TPSA) is 151 Å². The quantitative estimate of drug-likeness (QED) is 0.547. The third kappa shape index (κ3) is 6.94. The molecule has 36 heavy (non-hydrogen) atoms. The molecular formula is C23H32FN3O7S2. The van der Waals surface area contributed by atoms with Crippen molar-refractivity contribution in [3.8, 4) is 6.07 Å². The number of nitriles is 1. The molecular weight excluding hydrogens is 513 g/mol. The minimum absolute atomic E-state index is 0.0138. The van der Waals surface area contributed by atoms with Gasteiger partial charge in [-0.2, -0.15) is 5.26 Å². The lowest BCUT2D eigenvalue weighted by molar-refractivity contribution is -0.134. The van der Waals surface area contributed by atoms with E-state index in [4.69, 9.17) is 4.74 Å². The maximum Gasteiger partial charge on any atom is 0.408 e. The number of ether oxygens (including phenoxy) is 1. The molecule has 0 saturated carbocycles. The van der Waals surface area contributed by atoms with E-state index in [9.17, 15) is 36.1 Å². The molecule has 1 fully saturated rings. The summed E-state index contributed by atoms with van der Waals surface area (Å²) in [4.78, 5) is 27.0. The summed E-state index contributed by atoms with van der Waals surface area (Å²) in [7, 11) is -7.69. The Morgan fingerprint density at radius 1 is 1.17 bits per heavy atom. The van der Waals surface area contributed by atoms with E-state index in [1.54, 1.807) is 20.8 Å². The number of likely N-dealkylation sites (tertiary alicyclic amines) is 1. The number of carbonyl (C=O) groups is 2. The van der Waals surface area contributed by atoms with Crippen molar-refractivity contribution in [1.29, 1.82) is 5.26 Å². The molecule has 1 heterocycles. The monoisotopic (exact) mass is 545 g/mol. The van der Waals surface area contributed by atoms with Crippen LogP contribution in [0, 0.1) is 11.3 Å². The Labute approximate surface area is 211 Å². The van der Waals surface area contributed by atoms with Gasteiger partial charge >= 0.3 is 6.09 Å². The molecule has 2 amide bonds. The van der Waals surface area contributed by atoms with E-state index >= 15 is 0 Å². The average molecular weight is 546 g/mol. The number of carbonyl (C=O) groups excluding carboxylic acids is 2. The highest BCUT2D eigenvalue weighted by molar-refractivity contribution is 7.92. The van der Waals surface area contributed by atoms with E-state index in [0.717, 1.165) is 11.2 Å². The summed E-state index contributed by atoms with van der Waals surface area (Å²) in [6.45, 7) is 6.85. The van der Waals surface area contributed by atoms with Crippen LogP contribution in [-0.4, -0.2) is 75.1 Å². The Morgan fingerprint density at radius 3 is 2.19 bits per heavy atom. The van der Waals surface area contributed by atoms with E-state index in [1.807, 2.05) is 6.07 Å². The predicted molar refractivity (Wildman–Crippen MR) is 130 cm³/mol. The summed E-state index contributed by atoms with van der Waals surface area (Å²) in [5.41, 5.74) is -0.687. The van der Waals surface area contributed by atoms with Gasteiger partial charge in [-0.3, -0.25) is 4.79 Å². The van der Waals surface area contributed by atoms with Crippen LogP contribution in [0.3, 0.4) is 0 Å². The predicted octanol–water partition coefficient (Wildman–Crippen LogP) is 2.14. The molecule has 1 aliphatic heterocycles. The molecule has 1 aromatic carbocycles. The van der Waals surface area contributed by atoms with Crippen molar-refractivity contribution in [2.45, 2.75) is 80.3 Å². The van der Waals surface area contributed by atoms with Crippen molar-refractivity contribution in [3.05, 3.63) is 29.8 Å². The van der Waals surface area contributed by atoms with Gasteiger partial charge < -0.3 is 15.0 Å². The van der Waals surface area contributed by atoms with Crippen LogP contribution in [0.2, 0.25) is 0 Å². The van der Waals surface area contributed by atoms with Gasteiger partial charge in [0.15, 0.2) is 19.7 Å². The van der Waals surface area contributed by atoms with E-state index in [1.165, 1.54) is 38.1 Å². The van der Waals surface area contributed by atoms with Crippen LogP contribution in [0.1, 0.15) is 46.6 Å². The van der Waals surface area contributed by atoms with Crippen molar-refractivity contribution >= 4 is 31.7 Å². The van der Waals surface area contributed by atoms with Crippen LogP contribution < -0.4 is 5.32 Å². The van der Waals surface area contributed by atoms with Crippen molar-refractivity contribution in [3.63, 3.8) is 0 Å². The highest BCUT2D eigenvalue weighted by Gasteiger charge is 2.50. The van der Waals surface area contributed by atoms with Crippen LogP contribution in [0.25, 0.3) is 0 Å². The SMILES string of the molecule is CC(C)(C)OC(=O)N[C@H](C(=O)N1C[C@@H](F)C[C@H]1C#N)C(C)(C)S(=O)(=O)Cc1ccc(S(C)(=O)=O)cc1. The molecule has 2 rings (SSSR count). The average Bonchev–Trinajstić information content (AvgIpc) is 3.10. The molecule has 0 radical (unpaired) electrons. The summed E-state index contributed by atoms with van der Waals surface area (Å²) in [6.07, 6.45) is -1.71. The van der Waals surface area contributed by atoms with Crippen molar-refractivity contribution < 1.29 is 35.6 Å². The third-order valence-electron chi connectivity index (χ3n) is 5.80. The normalized spacial score (nSPS) is 19.9. The van der Waals surface area contributed by atoms with Gasteiger partial charge in [-0.15, -0.1) is 0 Å². The number of alkyl halides is 1. The molecule has 0 spiro atoms. The molecule has 0 bridgehead atoms. The maximum atomic E-state index is 14.0. The van der Waals surface area contributed by atoms with Crippen LogP contribution in [0.4, 0.5) is 9.18 Å². The molecule has 0 aromatic heterocycles. The maximum absolute atomic E-state index is 14.0. The summed E-state index contributed by atoms with van der Waals surface area (Å²) >= 11 is 0. The second kappa shape index (κ2) is 10.3. The van der Waals surface area contributed by atoms with Crippen molar-refractivity contribution in [2.75, 3.05) is 12.8 Å². The number of halogens is 1. The first-order chi connectivity index (χ1) is 16.3. The number of nitrogens with one attached hydrogen (secondary N) is 1. The molecule has 1 saturated heterocycles. The lowest BCUT2D eigenvalue weighted by Gasteiger charge is -2.36. The van der Waals surface area contributed by atoms with Crippen LogP contribution in [0.5, 0.6) is 0 Å². The zero-order chi connectivity index (χ0) is 27.7. The first-order valence-electron chi connectivity index (χ1n) is 11.1. The molecule has 10 nitrogen and oxygen atoms in total. The summed E-state index contributed by atoms with van der Waals surface area (Å²) in [6, 6.07) is 4.28. The van der Waals surface area contributed by atoms with Crippen LogP contribution >= 0.6 is 0 Å². The Bertz CT molecular complexity index is 1250. The molecule has 1 aromatic rings. The number of benzene rings is 1. The summed E-state index contributed by atoms with van der Waals surface area (Å²) in [5.74, 6) is -1.49. The van der Waals surface area contributed by atoms with Gasteiger partial charge in [0.05, 0.1) is 28.0 Å². The van der Waals surface area contributed by atoms with Gasteiger partial charge in [-0.1, -0.05) is 12.1 Å². The molecule has 0 aliphatic carbocycles. The van der Waals surface area contributed by atoms with Crippen LogP contribution in [-0.2, 0) is 35.0 Å². The fourth-order valence-electron chi connectivity index (χ4n) is 3.69. The molecule has 3 atom stereocenters. The number of rotatable bonds is 7. The minimum atomic E-state index is -4.21.